The molecule has 1 N–H and O–H groups in total. The second kappa shape index (κ2) is 4.46. The van der Waals surface area contributed by atoms with Crippen molar-refractivity contribution < 1.29 is 9.90 Å². The zero-order chi connectivity index (χ0) is 13.4. The number of nitrogens with zero attached hydrogens (tertiary/aromatic N) is 1. The highest BCUT2D eigenvalue weighted by Gasteiger charge is 2.15. The molecule has 0 saturated carbocycles. The number of aromatic carboxylic acids is 1. The van der Waals surface area contributed by atoms with Crippen molar-refractivity contribution in [3.63, 3.8) is 0 Å². The van der Waals surface area contributed by atoms with Gasteiger partial charge in [0.15, 0.2) is 0 Å². The van der Waals surface area contributed by atoms with E-state index in [4.69, 9.17) is 16.7 Å². The summed E-state index contributed by atoms with van der Waals surface area (Å²) in [6.07, 6.45) is 1.37. The third-order valence-electron chi connectivity index (χ3n) is 3.00. The second-order valence-electron chi connectivity index (χ2n) is 4.03. The number of benzene rings is 1. The monoisotopic (exact) mass is 265 g/mol. The number of carboxylic acids is 1. The van der Waals surface area contributed by atoms with Gasteiger partial charge in [-0.1, -0.05) is 11.6 Å². The number of rotatable bonds is 2. The van der Waals surface area contributed by atoms with E-state index in [9.17, 15) is 9.59 Å². The van der Waals surface area contributed by atoms with Gasteiger partial charge in [-0.05, 0) is 31.5 Å². The second-order valence-corrected chi connectivity index (χ2v) is 4.44. The molecule has 0 amide bonds. The van der Waals surface area contributed by atoms with E-state index < -0.39 is 11.4 Å². The van der Waals surface area contributed by atoms with E-state index in [1.807, 2.05) is 13.8 Å². The fraction of sp³-hybridized carbons (Fsp3) is 0.231. The quantitative estimate of drug-likeness (QED) is 0.908. The molecule has 0 fully saturated rings. The van der Waals surface area contributed by atoms with E-state index in [1.54, 1.807) is 16.7 Å². The van der Waals surface area contributed by atoms with Gasteiger partial charge in [0.1, 0.15) is 5.56 Å². The molecular weight excluding hydrogens is 254 g/mol. The van der Waals surface area contributed by atoms with Crippen molar-refractivity contribution in [1.29, 1.82) is 0 Å². The lowest BCUT2D eigenvalue weighted by atomic mass is 10.1. The predicted molar refractivity (Wildman–Crippen MR) is 70.6 cm³/mol. The first kappa shape index (κ1) is 12.6. The van der Waals surface area contributed by atoms with E-state index in [2.05, 4.69) is 0 Å². The number of carbonyl (C=O) groups is 1. The fourth-order valence-corrected chi connectivity index (χ4v) is 2.21. The van der Waals surface area contributed by atoms with E-state index in [0.717, 1.165) is 5.56 Å². The SMILES string of the molecule is CCn1cc(C(=O)O)c(=O)c2ccc(Cl)c(C)c21. The Morgan fingerprint density at radius 3 is 2.67 bits per heavy atom. The topological polar surface area (TPSA) is 59.3 Å². The molecule has 0 unspecified atom stereocenters. The molecular formula is C13H12ClNO3. The average molecular weight is 266 g/mol. The molecule has 0 saturated heterocycles. The molecule has 94 valence electrons. The lowest BCUT2D eigenvalue weighted by Gasteiger charge is -2.13. The van der Waals surface area contributed by atoms with Gasteiger partial charge in [0, 0.05) is 23.2 Å². The summed E-state index contributed by atoms with van der Waals surface area (Å²) in [7, 11) is 0. The normalized spacial score (nSPS) is 10.8. The van der Waals surface area contributed by atoms with E-state index in [1.165, 1.54) is 6.20 Å². The highest BCUT2D eigenvalue weighted by Crippen LogP contribution is 2.24. The van der Waals surface area contributed by atoms with E-state index in [-0.39, 0.29) is 5.56 Å². The molecule has 2 rings (SSSR count). The van der Waals surface area contributed by atoms with Crippen molar-refractivity contribution in [2.45, 2.75) is 20.4 Å². The lowest BCUT2D eigenvalue weighted by molar-refractivity contribution is 0.0695. The van der Waals surface area contributed by atoms with Crippen molar-refractivity contribution in [1.82, 2.24) is 4.57 Å². The number of hydrogen-bond donors (Lipinski definition) is 1. The molecule has 0 radical (unpaired) electrons. The number of aryl methyl sites for hydroxylation is 2. The highest BCUT2D eigenvalue weighted by atomic mass is 35.5. The first-order valence-corrected chi connectivity index (χ1v) is 5.90. The molecule has 1 aromatic heterocycles. The summed E-state index contributed by atoms with van der Waals surface area (Å²) < 4.78 is 1.74. The fourth-order valence-electron chi connectivity index (χ4n) is 2.05. The summed E-state index contributed by atoms with van der Waals surface area (Å²) in [4.78, 5) is 23.1. The van der Waals surface area contributed by atoms with Crippen molar-refractivity contribution >= 4 is 28.5 Å². The van der Waals surface area contributed by atoms with Crippen LogP contribution in [0.2, 0.25) is 5.02 Å². The van der Waals surface area contributed by atoms with Crippen LogP contribution in [0, 0.1) is 6.92 Å². The molecule has 0 aliphatic rings. The third-order valence-corrected chi connectivity index (χ3v) is 3.41. The molecule has 0 bridgehead atoms. The number of pyridine rings is 1. The average Bonchev–Trinajstić information content (AvgIpc) is 2.34. The van der Waals surface area contributed by atoms with Crippen LogP contribution in [0.25, 0.3) is 10.9 Å². The summed E-state index contributed by atoms with van der Waals surface area (Å²) in [5.41, 5.74) is 0.790. The Labute approximate surface area is 108 Å². The van der Waals surface area contributed by atoms with Crippen LogP contribution in [0.4, 0.5) is 0 Å². The number of aromatic nitrogens is 1. The Balaban J connectivity index is 3.03. The van der Waals surface area contributed by atoms with Gasteiger partial charge in [-0.3, -0.25) is 4.79 Å². The van der Waals surface area contributed by atoms with Crippen LogP contribution < -0.4 is 5.43 Å². The van der Waals surface area contributed by atoms with Gasteiger partial charge in [-0.15, -0.1) is 0 Å². The zero-order valence-electron chi connectivity index (χ0n) is 10.0. The Bertz CT molecular complexity index is 703. The number of halogens is 1. The Hall–Kier alpha value is -1.81. The van der Waals surface area contributed by atoms with Gasteiger partial charge in [0.05, 0.1) is 5.52 Å². The molecule has 18 heavy (non-hydrogen) atoms. The Morgan fingerprint density at radius 1 is 1.44 bits per heavy atom. The molecule has 1 aromatic carbocycles. The smallest absolute Gasteiger partial charge is 0.341 e. The maximum absolute atomic E-state index is 12.1. The van der Waals surface area contributed by atoms with Crippen LogP contribution in [0.15, 0.2) is 23.1 Å². The molecule has 0 aliphatic heterocycles. The van der Waals surface area contributed by atoms with Crippen LogP contribution in [-0.4, -0.2) is 15.6 Å². The first-order valence-electron chi connectivity index (χ1n) is 5.53. The van der Waals surface area contributed by atoms with Crippen LogP contribution in [0.3, 0.4) is 0 Å². The van der Waals surface area contributed by atoms with Gasteiger partial charge in [0.25, 0.3) is 0 Å². The minimum Gasteiger partial charge on any atom is -0.477 e. The maximum Gasteiger partial charge on any atom is 0.341 e. The molecule has 1 heterocycles. The van der Waals surface area contributed by atoms with Gasteiger partial charge >= 0.3 is 5.97 Å². The third kappa shape index (κ3) is 1.78. The molecule has 0 spiro atoms. The van der Waals surface area contributed by atoms with Crippen LogP contribution >= 0.6 is 11.6 Å². The van der Waals surface area contributed by atoms with Crippen LogP contribution in [0.5, 0.6) is 0 Å². The van der Waals surface area contributed by atoms with Crippen LogP contribution in [-0.2, 0) is 6.54 Å². The molecule has 5 heteroatoms. The Kier molecular flexibility index (Phi) is 3.13. The summed E-state index contributed by atoms with van der Waals surface area (Å²) in [6.45, 7) is 4.27. The van der Waals surface area contributed by atoms with Crippen molar-refractivity contribution in [2.75, 3.05) is 0 Å². The minimum absolute atomic E-state index is 0.217. The molecule has 0 atom stereocenters. The number of carboxylic acid groups (broad SMARTS) is 1. The number of fused-ring (bicyclic) bond motifs is 1. The zero-order valence-corrected chi connectivity index (χ0v) is 10.8. The molecule has 0 aliphatic carbocycles. The summed E-state index contributed by atoms with van der Waals surface area (Å²) in [5.74, 6) is -1.21. The lowest BCUT2D eigenvalue weighted by Crippen LogP contribution is -2.19. The summed E-state index contributed by atoms with van der Waals surface area (Å²) in [5, 5.41) is 9.98. The van der Waals surface area contributed by atoms with Crippen molar-refractivity contribution in [3.05, 3.63) is 44.7 Å². The van der Waals surface area contributed by atoms with Crippen molar-refractivity contribution in [3.8, 4) is 0 Å². The molecule has 4 nitrogen and oxygen atoms in total. The van der Waals surface area contributed by atoms with E-state index in [0.29, 0.717) is 22.5 Å². The first-order chi connectivity index (χ1) is 8.47. The van der Waals surface area contributed by atoms with Gasteiger partial charge < -0.3 is 9.67 Å². The summed E-state index contributed by atoms with van der Waals surface area (Å²) >= 11 is 6.04. The van der Waals surface area contributed by atoms with Crippen LogP contribution in [0.1, 0.15) is 22.8 Å². The predicted octanol–water partition coefficient (Wildman–Crippen LogP) is 2.68. The van der Waals surface area contributed by atoms with Gasteiger partial charge in [-0.2, -0.15) is 0 Å². The maximum atomic E-state index is 12.1. The van der Waals surface area contributed by atoms with Gasteiger partial charge in [-0.25, -0.2) is 4.79 Å². The van der Waals surface area contributed by atoms with E-state index >= 15 is 0 Å². The standard InChI is InChI=1S/C13H12ClNO3/c1-3-15-6-9(13(17)18)12(16)8-4-5-10(14)7(2)11(8)15/h4-6H,3H2,1-2H3,(H,17,18). The van der Waals surface area contributed by atoms with Gasteiger partial charge in [0.2, 0.25) is 5.43 Å². The van der Waals surface area contributed by atoms with Crippen molar-refractivity contribution in [2.24, 2.45) is 0 Å². The molecule has 2 aromatic rings. The Morgan fingerprint density at radius 2 is 2.11 bits per heavy atom. The largest absolute Gasteiger partial charge is 0.477 e. The number of hydrogen-bond acceptors (Lipinski definition) is 2. The minimum atomic E-state index is -1.21. The summed E-state index contributed by atoms with van der Waals surface area (Å²) in [6, 6.07) is 3.19. The highest BCUT2D eigenvalue weighted by molar-refractivity contribution is 6.32.